The van der Waals surface area contributed by atoms with Gasteiger partial charge in [-0.1, -0.05) is 6.07 Å². The minimum absolute atomic E-state index is 0.00151. The molecule has 0 aliphatic carbocycles. The number of benzene rings is 1. The lowest BCUT2D eigenvalue weighted by Gasteiger charge is -2.17. The van der Waals surface area contributed by atoms with Gasteiger partial charge in [0.2, 0.25) is 10.0 Å². The van der Waals surface area contributed by atoms with Crippen LogP contribution in [0.2, 0.25) is 0 Å². The van der Waals surface area contributed by atoms with E-state index in [4.69, 9.17) is 5.11 Å². The van der Waals surface area contributed by atoms with Crippen LogP contribution in [0.15, 0.2) is 23.1 Å². The Balaban J connectivity index is 2.49. The van der Waals surface area contributed by atoms with Gasteiger partial charge in [-0.15, -0.1) is 0 Å². The molecule has 0 amide bonds. The average molecular weight is 269 g/mol. The molecule has 5 nitrogen and oxygen atoms in total. The van der Waals surface area contributed by atoms with Crippen LogP contribution in [0.4, 0.5) is 0 Å². The molecule has 1 heterocycles. The van der Waals surface area contributed by atoms with Crippen molar-refractivity contribution in [2.24, 2.45) is 0 Å². The van der Waals surface area contributed by atoms with Crippen molar-refractivity contribution >= 4 is 16.0 Å². The normalized spacial score (nSPS) is 16.9. The number of hydrogen-bond donors (Lipinski definition) is 1. The van der Waals surface area contributed by atoms with E-state index in [-0.39, 0.29) is 10.5 Å². The summed E-state index contributed by atoms with van der Waals surface area (Å²) in [5, 5.41) is 8.92. The van der Waals surface area contributed by atoms with E-state index in [9.17, 15) is 13.2 Å². The number of sulfonamides is 1. The molecule has 1 N–H and O–H groups in total. The highest BCUT2D eigenvalue weighted by atomic mass is 32.2. The zero-order chi connectivity index (χ0) is 13.3. The van der Waals surface area contributed by atoms with Crippen LogP contribution in [-0.2, 0) is 10.0 Å². The predicted octanol–water partition coefficient (Wildman–Crippen LogP) is 1.48. The summed E-state index contributed by atoms with van der Waals surface area (Å²) in [7, 11) is -3.56. The van der Waals surface area contributed by atoms with Crippen LogP contribution in [-0.4, -0.2) is 36.9 Å². The second-order valence-electron chi connectivity index (χ2n) is 4.40. The molecule has 0 aromatic heterocycles. The molecule has 0 radical (unpaired) electrons. The first kappa shape index (κ1) is 13.0. The number of carbonyl (C=O) groups is 1. The Kier molecular flexibility index (Phi) is 3.41. The zero-order valence-electron chi connectivity index (χ0n) is 10.1. The molecule has 2 rings (SSSR count). The first-order valence-electron chi connectivity index (χ1n) is 5.77. The van der Waals surface area contributed by atoms with E-state index >= 15 is 0 Å². The van der Waals surface area contributed by atoms with Gasteiger partial charge >= 0.3 is 5.97 Å². The van der Waals surface area contributed by atoms with Gasteiger partial charge in [-0.3, -0.25) is 0 Å². The molecule has 1 aliphatic heterocycles. The van der Waals surface area contributed by atoms with Crippen molar-refractivity contribution in [3.8, 4) is 0 Å². The Hall–Kier alpha value is -1.40. The van der Waals surface area contributed by atoms with Gasteiger partial charge in [-0.25, -0.2) is 13.2 Å². The number of carboxylic acids is 1. The highest BCUT2D eigenvalue weighted by Gasteiger charge is 2.29. The van der Waals surface area contributed by atoms with Gasteiger partial charge in [0.1, 0.15) is 0 Å². The minimum atomic E-state index is -3.56. The van der Waals surface area contributed by atoms with Crippen molar-refractivity contribution < 1.29 is 18.3 Å². The number of aryl methyl sites for hydroxylation is 1. The third-order valence-corrected chi connectivity index (χ3v) is 5.16. The van der Waals surface area contributed by atoms with Gasteiger partial charge in [0.15, 0.2) is 0 Å². The van der Waals surface area contributed by atoms with Crippen molar-refractivity contribution in [1.29, 1.82) is 0 Å². The number of nitrogens with zero attached hydrogens (tertiary/aromatic N) is 1. The van der Waals surface area contributed by atoms with Crippen molar-refractivity contribution in [1.82, 2.24) is 4.31 Å². The molecule has 0 saturated carbocycles. The van der Waals surface area contributed by atoms with E-state index in [1.54, 1.807) is 6.92 Å². The predicted molar refractivity (Wildman–Crippen MR) is 66.1 cm³/mol. The number of carboxylic acid groups (broad SMARTS) is 1. The van der Waals surface area contributed by atoms with E-state index in [1.807, 2.05) is 0 Å². The molecule has 18 heavy (non-hydrogen) atoms. The highest BCUT2D eigenvalue weighted by Crippen LogP contribution is 2.24. The van der Waals surface area contributed by atoms with Gasteiger partial charge in [-0.2, -0.15) is 4.31 Å². The van der Waals surface area contributed by atoms with Gasteiger partial charge in [0, 0.05) is 13.1 Å². The standard InChI is InChI=1S/C12H15NO4S/c1-9-4-5-10(12(14)15)8-11(9)18(16,17)13-6-2-3-7-13/h4-5,8H,2-3,6-7H2,1H3,(H,14,15). The maximum atomic E-state index is 12.4. The maximum absolute atomic E-state index is 12.4. The fourth-order valence-corrected chi connectivity index (χ4v) is 3.85. The Bertz CT molecular complexity index is 574. The van der Waals surface area contributed by atoms with E-state index in [0.717, 1.165) is 12.8 Å². The summed E-state index contributed by atoms with van der Waals surface area (Å²) in [5.41, 5.74) is 0.574. The minimum Gasteiger partial charge on any atom is -0.478 e. The lowest BCUT2D eigenvalue weighted by atomic mass is 10.1. The van der Waals surface area contributed by atoms with E-state index in [1.165, 1.54) is 22.5 Å². The third-order valence-electron chi connectivity index (χ3n) is 3.12. The fourth-order valence-electron chi connectivity index (χ4n) is 2.08. The molecule has 6 heteroatoms. The Morgan fingerprint density at radius 3 is 2.44 bits per heavy atom. The molecule has 0 atom stereocenters. The molecule has 98 valence electrons. The number of aromatic carboxylic acids is 1. The Labute approximate surface area is 106 Å². The number of rotatable bonds is 3. The van der Waals surface area contributed by atoms with Crippen molar-refractivity contribution in [2.75, 3.05) is 13.1 Å². The smallest absolute Gasteiger partial charge is 0.335 e. The zero-order valence-corrected chi connectivity index (χ0v) is 10.9. The Morgan fingerprint density at radius 1 is 1.28 bits per heavy atom. The average Bonchev–Trinajstić information content (AvgIpc) is 2.82. The van der Waals surface area contributed by atoms with Crippen LogP contribution in [0, 0.1) is 6.92 Å². The molecule has 0 unspecified atom stereocenters. The van der Waals surface area contributed by atoms with Crippen LogP contribution in [0.25, 0.3) is 0 Å². The molecule has 1 fully saturated rings. The summed E-state index contributed by atoms with van der Waals surface area (Å²) < 4.78 is 26.1. The first-order chi connectivity index (χ1) is 8.43. The molecule has 1 saturated heterocycles. The van der Waals surface area contributed by atoms with Crippen LogP contribution in [0.3, 0.4) is 0 Å². The fraction of sp³-hybridized carbons (Fsp3) is 0.417. The monoisotopic (exact) mass is 269 g/mol. The van der Waals surface area contributed by atoms with E-state index in [2.05, 4.69) is 0 Å². The van der Waals surface area contributed by atoms with Crippen molar-refractivity contribution in [3.63, 3.8) is 0 Å². The summed E-state index contributed by atoms with van der Waals surface area (Å²) in [6, 6.07) is 4.19. The quantitative estimate of drug-likeness (QED) is 0.901. The molecule has 1 aliphatic rings. The second kappa shape index (κ2) is 4.70. The molecular formula is C12H15NO4S. The molecule has 0 spiro atoms. The van der Waals surface area contributed by atoms with Crippen LogP contribution in [0.1, 0.15) is 28.8 Å². The van der Waals surface area contributed by atoms with E-state index in [0.29, 0.717) is 18.7 Å². The molecule has 1 aromatic rings. The van der Waals surface area contributed by atoms with Crippen LogP contribution in [0.5, 0.6) is 0 Å². The van der Waals surface area contributed by atoms with Gasteiger partial charge in [-0.05, 0) is 37.5 Å². The van der Waals surface area contributed by atoms with Crippen LogP contribution >= 0.6 is 0 Å². The van der Waals surface area contributed by atoms with E-state index < -0.39 is 16.0 Å². The summed E-state index contributed by atoms with van der Waals surface area (Å²) in [6.45, 7) is 2.70. The lowest BCUT2D eigenvalue weighted by molar-refractivity contribution is 0.0696. The topological polar surface area (TPSA) is 74.7 Å². The first-order valence-corrected chi connectivity index (χ1v) is 7.21. The molecule has 0 bridgehead atoms. The number of hydrogen-bond acceptors (Lipinski definition) is 3. The summed E-state index contributed by atoms with van der Waals surface area (Å²) >= 11 is 0. The maximum Gasteiger partial charge on any atom is 0.335 e. The van der Waals surface area contributed by atoms with Gasteiger partial charge < -0.3 is 5.11 Å². The Morgan fingerprint density at radius 2 is 1.89 bits per heavy atom. The van der Waals surface area contributed by atoms with Gasteiger partial charge in [0.05, 0.1) is 10.5 Å². The summed E-state index contributed by atoms with van der Waals surface area (Å²) in [6.07, 6.45) is 1.72. The molecular weight excluding hydrogens is 254 g/mol. The van der Waals surface area contributed by atoms with Crippen molar-refractivity contribution in [2.45, 2.75) is 24.7 Å². The third kappa shape index (κ3) is 2.26. The summed E-state index contributed by atoms with van der Waals surface area (Å²) in [4.78, 5) is 11.0. The van der Waals surface area contributed by atoms with Crippen molar-refractivity contribution in [3.05, 3.63) is 29.3 Å². The van der Waals surface area contributed by atoms with Gasteiger partial charge in [0.25, 0.3) is 0 Å². The largest absolute Gasteiger partial charge is 0.478 e. The lowest BCUT2D eigenvalue weighted by Crippen LogP contribution is -2.28. The van der Waals surface area contributed by atoms with Crippen LogP contribution < -0.4 is 0 Å². The summed E-state index contributed by atoms with van der Waals surface area (Å²) in [5.74, 6) is -1.12. The second-order valence-corrected chi connectivity index (χ2v) is 6.30. The highest BCUT2D eigenvalue weighted by molar-refractivity contribution is 7.89. The molecule has 1 aromatic carbocycles. The SMILES string of the molecule is Cc1ccc(C(=O)O)cc1S(=O)(=O)N1CCCC1.